The number of likely N-dealkylation sites (N-methyl/N-ethyl adjacent to an activating group) is 1. The smallest absolute Gasteiger partial charge is 0.407 e. The molecule has 6 N–H and O–H groups in total. The molecule has 0 aliphatic carbocycles. The van der Waals surface area contributed by atoms with Crippen LogP contribution in [-0.4, -0.2) is 127 Å². The van der Waals surface area contributed by atoms with E-state index in [9.17, 15) is 69.3 Å². The molecule has 5 amide bonds. The SMILES string of the molecule is COC(=O)NC(C(=O)NC(Cc1ccc(C#Cc2ccc(-c3cn4c(n3)CN(C)C(=O)C4)cc2)cc1)C(O)CN(Cc1c(F)cc(-c2cnn(C(F)F)c2)cc1F)NC(=O)C(NC(=O)O)C(C)(C)C(F)(F)F)C(C)(C)C(F)(F)F. The lowest BCUT2D eigenvalue weighted by Gasteiger charge is -2.38. The standard InChI is InChI=1S/C51H52F10N10O8/c1-48(2,50(56,57)58)41(66-47(78)79-6)43(74)64-36(17-29-11-9-27(10-12-29)7-8-28-13-15-30(16-14-28)37-23-69-26-40(73)68(5)25-39(69)63-37)38(72)24-70(67-44(75)42(65-46(76)77)49(3,4)51(59,60)61)22-33-34(52)18-31(19-35(33)53)32-20-62-71(21-32)45(54)55/h9-16,18-21,23,36,38,41-42,45,65,72H,17,22,24-26H2,1-6H3,(H,64,74)(H,66,78)(H,67,75)(H,76,77). The number of aromatic nitrogens is 4. The number of carboxylic acid groups (broad SMARTS) is 1. The molecule has 79 heavy (non-hydrogen) atoms. The molecular weight excluding hydrogens is 1070 g/mol. The predicted octanol–water partition coefficient (Wildman–Crippen LogP) is 6.92. The minimum atomic E-state index is -5.29. The zero-order valence-electron chi connectivity index (χ0n) is 42.7. The summed E-state index contributed by atoms with van der Waals surface area (Å²) in [5.41, 5.74) is -3.18. The first-order chi connectivity index (χ1) is 36.8. The Bertz CT molecular complexity index is 3090. The molecule has 0 fully saturated rings. The number of hydrazine groups is 1. The van der Waals surface area contributed by atoms with E-state index in [1.165, 1.54) is 29.6 Å². The number of methoxy groups -OCH3 is 1. The summed E-state index contributed by atoms with van der Waals surface area (Å²) in [5, 5.41) is 30.9. The largest absolute Gasteiger partial charge is 0.465 e. The number of fused-ring (bicyclic) bond motifs is 1. The van der Waals surface area contributed by atoms with Crippen LogP contribution in [0.3, 0.4) is 0 Å². The van der Waals surface area contributed by atoms with Crippen LogP contribution in [0.5, 0.6) is 0 Å². The van der Waals surface area contributed by atoms with Crippen LogP contribution >= 0.6 is 0 Å². The summed E-state index contributed by atoms with van der Waals surface area (Å²) in [7, 11) is 2.48. The van der Waals surface area contributed by atoms with Crippen LogP contribution in [0, 0.1) is 34.3 Å². The summed E-state index contributed by atoms with van der Waals surface area (Å²) in [6, 6.07) is 7.27. The highest BCUT2D eigenvalue weighted by Gasteiger charge is 2.57. The van der Waals surface area contributed by atoms with Gasteiger partial charge in [-0.05, 0) is 81.6 Å². The topological polar surface area (TPSA) is 225 Å². The van der Waals surface area contributed by atoms with Crippen molar-refractivity contribution < 1.29 is 82.8 Å². The molecule has 1 aliphatic heterocycles. The molecule has 2 aromatic heterocycles. The van der Waals surface area contributed by atoms with Gasteiger partial charge < -0.3 is 40.4 Å². The second-order valence-corrected chi connectivity index (χ2v) is 19.5. The fourth-order valence-corrected chi connectivity index (χ4v) is 8.02. The van der Waals surface area contributed by atoms with Gasteiger partial charge in [-0.15, -0.1) is 0 Å². The van der Waals surface area contributed by atoms with Gasteiger partial charge in [-0.1, -0.05) is 36.1 Å². The third-order valence-corrected chi connectivity index (χ3v) is 13.1. The van der Waals surface area contributed by atoms with E-state index in [1.807, 2.05) is 10.7 Å². The van der Waals surface area contributed by atoms with Crippen LogP contribution < -0.4 is 21.4 Å². The van der Waals surface area contributed by atoms with E-state index in [0.717, 1.165) is 30.9 Å². The van der Waals surface area contributed by atoms with Crippen molar-refractivity contribution in [2.75, 3.05) is 20.7 Å². The summed E-state index contributed by atoms with van der Waals surface area (Å²) in [6.45, 7) is -2.92. The van der Waals surface area contributed by atoms with E-state index in [4.69, 9.17) is 0 Å². The number of imidazole rings is 1. The molecule has 0 radical (unpaired) electrons. The molecule has 18 nitrogen and oxygen atoms in total. The molecule has 3 heterocycles. The number of alkyl carbamates (subject to hydrolysis) is 1. The highest BCUT2D eigenvalue weighted by Crippen LogP contribution is 2.42. The van der Waals surface area contributed by atoms with Crippen LogP contribution in [0.15, 0.2) is 79.3 Å². The molecule has 4 atom stereocenters. The highest BCUT2D eigenvalue weighted by molar-refractivity contribution is 5.87. The van der Waals surface area contributed by atoms with Gasteiger partial charge in [0.15, 0.2) is 0 Å². The monoisotopic (exact) mass is 1120 g/mol. The number of halogens is 10. The maximum absolute atomic E-state index is 16.0. The second-order valence-electron chi connectivity index (χ2n) is 19.5. The fraction of sp³-hybridized carbons (Fsp3) is 0.392. The van der Waals surface area contributed by atoms with Gasteiger partial charge in [-0.3, -0.25) is 19.8 Å². The Hall–Kier alpha value is -8.19. The number of carbonyl (C=O) groups is 5. The lowest BCUT2D eigenvalue weighted by molar-refractivity contribution is -0.221. The Balaban J connectivity index is 1.34. The molecule has 0 saturated heterocycles. The molecule has 3 aromatic carbocycles. The van der Waals surface area contributed by atoms with Gasteiger partial charge in [-0.25, -0.2) is 33.0 Å². The summed E-state index contributed by atoms with van der Waals surface area (Å²) in [6.07, 6.45) is -13.4. The Morgan fingerprint density at radius 2 is 1.34 bits per heavy atom. The molecule has 0 spiro atoms. The zero-order valence-corrected chi connectivity index (χ0v) is 42.7. The summed E-state index contributed by atoms with van der Waals surface area (Å²) >= 11 is 0. The van der Waals surface area contributed by atoms with Crippen LogP contribution in [0.4, 0.5) is 53.5 Å². The minimum absolute atomic E-state index is 0.0551. The maximum atomic E-state index is 16.0. The molecule has 6 rings (SSSR count). The number of carbonyl (C=O) groups excluding carboxylic acids is 4. The number of aliphatic hydroxyl groups excluding tert-OH is 1. The number of nitrogens with zero attached hydrogens (tertiary/aromatic N) is 6. The van der Waals surface area contributed by atoms with Gasteiger partial charge in [0.05, 0.1) is 48.5 Å². The average Bonchev–Trinajstić information content (AvgIpc) is 4.05. The predicted molar refractivity (Wildman–Crippen MR) is 260 cm³/mol. The number of amides is 5. The van der Waals surface area contributed by atoms with Gasteiger partial charge in [0.2, 0.25) is 11.8 Å². The quantitative estimate of drug-likeness (QED) is 0.0300. The van der Waals surface area contributed by atoms with E-state index in [2.05, 4.69) is 32.0 Å². The molecule has 28 heteroatoms. The zero-order chi connectivity index (χ0) is 58.5. The number of alkyl halides is 8. The lowest BCUT2D eigenvalue weighted by atomic mass is 9.82. The summed E-state index contributed by atoms with van der Waals surface area (Å²) in [4.78, 5) is 70.3. The highest BCUT2D eigenvalue weighted by atomic mass is 19.4. The number of hydrogen-bond acceptors (Lipinski definition) is 10. The molecule has 424 valence electrons. The van der Waals surface area contributed by atoms with Gasteiger partial charge in [0.1, 0.15) is 36.1 Å². The third-order valence-electron chi connectivity index (χ3n) is 13.1. The normalized spacial score (nSPS) is 14.6. The van der Waals surface area contributed by atoms with Crippen LogP contribution in [-0.2, 0) is 45.2 Å². The third kappa shape index (κ3) is 14.3. The summed E-state index contributed by atoms with van der Waals surface area (Å²) < 4.78 is 152. The number of aliphatic hydroxyl groups is 1. The minimum Gasteiger partial charge on any atom is -0.465 e. The first-order valence-corrected chi connectivity index (χ1v) is 23.6. The van der Waals surface area contributed by atoms with E-state index in [1.54, 1.807) is 47.0 Å². The first-order valence-electron chi connectivity index (χ1n) is 23.6. The van der Waals surface area contributed by atoms with Gasteiger partial charge >= 0.3 is 31.1 Å². The Kier molecular flexibility index (Phi) is 18.1. The number of benzene rings is 3. The number of hydrogen-bond donors (Lipinski definition) is 6. The molecular formula is C51H52F10N10O8. The molecule has 4 unspecified atom stereocenters. The van der Waals surface area contributed by atoms with E-state index < -0.39 is 115 Å². The van der Waals surface area contributed by atoms with Gasteiger partial charge in [0.25, 0.3) is 5.91 Å². The van der Waals surface area contributed by atoms with Crippen molar-refractivity contribution in [1.29, 1.82) is 0 Å². The van der Waals surface area contributed by atoms with E-state index in [-0.39, 0.29) is 33.8 Å². The van der Waals surface area contributed by atoms with Crippen LogP contribution in [0.25, 0.3) is 22.4 Å². The Morgan fingerprint density at radius 1 is 0.785 bits per heavy atom. The molecule has 1 aliphatic rings. The average molecular weight is 1120 g/mol. The lowest BCUT2D eigenvalue weighted by Crippen LogP contribution is -2.63. The van der Waals surface area contributed by atoms with Crippen LogP contribution in [0.2, 0.25) is 0 Å². The van der Waals surface area contributed by atoms with Crippen molar-refractivity contribution in [2.45, 2.75) is 96.9 Å². The molecule has 0 bridgehead atoms. The first kappa shape index (κ1) is 60.0. The number of rotatable bonds is 18. The molecule has 0 saturated carbocycles. The van der Waals surface area contributed by atoms with Crippen molar-refractivity contribution in [3.05, 3.63) is 119 Å². The van der Waals surface area contributed by atoms with Crippen molar-refractivity contribution >= 4 is 29.9 Å². The second kappa shape index (κ2) is 23.8. The fourth-order valence-electron chi connectivity index (χ4n) is 8.02. The van der Waals surface area contributed by atoms with Crippen molar-refractivity contribution in [3.63, 3.8) is 0 Å². The Morgan fingerprint density at radius 3 is 1.86 bits per heavy atom. The van der Waals surface area contributed by atoms with Crippen molar-refractivity contribution in [3.8, 4) is 34.2 Å². The van der Waals surface area contributed by atoms with Crippen LogP contribution in [0.1, 0.15) is 62.3 Å². The number of nitrogens with one attached hydrogen (secondary N) is 4. The summed E-state index contributed by atoms with van der Waals surface area (Å²) in [5.74, 6) is 0.374. The maximum Gasteiger partial charge on any atom is 0.407 e. The van der Waals surface area contributed by atoms with E-state index in [0.29, 0.717) is 68.2 Å². The van der Waals surface area contributed by atoms with Crippen molar-refractivity contribution in [1.82, 2.24) is 50.6 Å². The van der Waals surface area contributed by atoms with Gasteiger partial charge in [-0.2, -0.15) is 40.2 Å². The Labute approximate surface area is 444 Å². The van der Waals surface area contributed by atoms with E-state index >= 15 is 8.78 Å². The van der Waals surface area contributed by atoms with Crippen molar-refractivity contribution in [2.24, 2.45) is 10.8 Å². The van der Waals surface area contributed by atoms with Gasteiger partial charge in [0, 0.05) is 60.3 Å². The molecule has 5 aromatic rings. The number of ether oxygens (including phenoxy) is 1.